The molecular weight excluding hydrogens is 523 g/mol. The van der Waals surface area contributed by atoms with Gasteiger partial charge in [-0.15, -0.1) is 21.5 Å². The Kier molecular flexibility index (Phi) is 10.5. The summed E-state index contributed by atoms with van der Waals surface area (Å²) in [5, 5.41) is 16.6. The zero-order chi connectivity index (χ0) is 26.8. The maximum Gasteiger partial charge on any atom is 0.336 e. The van der Waals surface area contributed by atoms with Crippen molar-refractivity contribution in [1.82, 2.24) is 25.2 Å². The number of aryl methyl sites for hydroxylation is 1. The predicted octanol–water partition coefficient (Wildman–Crippen LogP) is 3.68. The van der Waals surface area contributed by atoms with Gasteiger partial charge in [-0.25, -0.2) is 4.98 Å². The molecule has 0 saturated carbocycles. The van der Waals surface area contributed by atoms with Crippen LogP contribution in [0, 0.1) is 0 Å². The third-order valence-electron chi connectivity index (χ3n) is 4.58. The van der Waals surface area contributed by atoms with Gasteiger partial charge in [-0.1, -0.05) is 0 Å². The Morgan fingerprint density at radius 2 is 1.92 bits per heavy atom. The highest BCUT2D eigenvalue weighted by Crippen LogP contribution is 2.51. The molecule has 0 radical (unpaired) electrons. The van der Waals surface area contributed by atoms with E-state index in [1.165, 1.54) is 16.1 Å². The first kappa shape index (κ1) is 28.7. The van der Waals surface area contributed by atoms with Crippen molar-refractivity contribution in [3.8, 4) is 11.5 Å². The second-order valence-corrected chi connectivity index (χ2v) is 10.7. The molecule has 0 saturated heterocycles. The summed E-state index contributed by atoms with van der Waals surface area (Å²) in [6.45, 7) is 6.27. The molecule has 0 aliphatic rings. The Labute approximate surface area is 219 Å². The number of methoxy groups -OCH3 is 1. The fraction of sp³-hybridized carbons (Fsp3) is 0.500. The van der Waals surface area contributed by atoms with Crippen LogP contribution >= 0.6 is 18.9 Å². The van der Waals surface area contributed by atoms with Gasteiger partial charge in [0.05, 0.1) is 38.7 Å². The number of nitrogens with zero attached hydrogens (tertiary/aromatic N) is 5. The smallest absolute Gasteiger partial charge is 0.336 e. The van der Waals surface area contributed by atoms with Gasteiger partial charge in [0.1, 0.15) is 17.6 Å². The van der Waals surface area contributed by atoms with Crippen molar-refractivity contribution < 1.29 is 32.6 Å². The first-order chi connectivity index (χ1) is 17.7. The van der Waals surface area contributed by atoms with Crippen LogP contribution in [-0.2, 0) is 38.2 Å². The summed E-state index contributed by atoms with van der Waals surface area (Å²) >= 11 is 1.20. The molecule has 2 aromatic heterocycles. The molecule has 0 spiro atoms. The minimum Gasteiger partial charge on any atom is -0.488 e. The third kappa shape index (κ3) is 8.86. The maximum absolute atomic E-state index is 13.1. The Hall–Kier alpha value is -2.90. The number of tetrazole rings is 1. The van der Waals surface area contributed by atoms with Gasteiger partial charge in [0.25, 0.3) is 5.91 Å². The molecule has 3 aromatic rings. The average molecular weight is 555 g/mol. The molecule has 15 heteroatoms. The number of carbonyl (C=O) groups is 1. The van der Waals surface area contributed by atoms with Crippen molar-refractivity contribution >= 4 is 30.0 Å². The highest BCUT2D eigenvalue weighted by molar-refractivity contribution is 7.53. The highest BCUT2D eigenvalue weighted by Gasteiger charge is 2.26. The summed E-state index contributed by atoms with van der Waals surface area (Å²) in [5.74, 6) is 0.771. The molecule has 0 unspecified atom stereocenters. The number of hydrogen-bond donors (Lipinski definition) is 1. The first-order valence-electron chi connectivity index (χ1n) is 11.5. The van der Waals surface area contributed by atoms with E-state index in [1.807, 2.05) is 6.92 Å². The Morgan fingerprint density at radius 1 is 1.19 bits per heavy atom. The summed E-state index contributed by atoms with van der Waals surface area (Å²) in [5.41, 5.74) is 0.784. The van der Waals surface area contributed by atoms with Gasteiger partial charge >= 0.3 is 7.60 Å². The van der Waals surface area contributed by atoms with Crippen molar-refractivity contribution in [1.29, 1.82) is 0 Å². The number of aromatic nitrogens is 5. The van der Waals surface area contributed by atoms with E-state index >= 15 is 0 Å². The highest BCUT2D eigenvalue weighted by atomic mass is 32.1. The van der Waals surface area contributed by atoms with Gasteiger partial charge in [0.15, 0.2) is 11.7 Å². The largest absolute Gasteiger partial charge is 0.488 e. The van der Waals surface area contributed by atoms with Crippen LogP contribution in [0.15, 0.2) is 23.6 Å². The zero-order valence-electron chi connectivity index (χ0n) is 21.4. The number of hydrogen-bond acceptors (Lipinski definition) is 12. The van der Waals surface area contributed by atoms with Crippen LogP contribution in [0.3, 0.4) is 0 Å². The van der Waals surface area contributed by atoms with E-state index in [2.05, 4.69) is 25.7 Å². The van der Waals surface area contributed by atoms with Gasteiger partial charge in [-0.2, -0.15) is 4.80 Å². The van der Waals surface area contributed by atoms with Gasteiger partial charge in [-0.05, 0) is 38.1 Å². The van der Waals surface area contributed by atoms with E-state index in [1.54, 1.807) is 51.6 Å². The van der Waals surface area contributed by atoms with E-state index in [-0.39, 0.29) is 37.6 Å². The predicted molar refractivity (Wildman–Crippen MR) is 136 cm³/mol. The zero-order valence-corrected chi connectivity index (χ0v) is 23.1. The van der Waals surface area contributed by atoms with Crippen molar-refractivity contribution in [2.45, 2.75) is 39.6 Å². The van der Waals surface area contributed by atoms with E-state index in [0.29, 0.717) is 34.8 Å². The van der Waals surface area contributed by atoms with Crippen molar-refractivity contribution in [2.75, 3.05) is 32.2 Å². The Morgan fingerprint density at radius 3 is 2.57 bits per heavy atom. The van der Waals surface area contributed by atoms with Crippen molar-refractivity contribution in [2.24, 2.45) is 7.05 Å². The van der Waals surface area contributed by atoms with Crippen LogP contribution in [0.5, 0.6) is 11.5 Å². The maximum atomic E-state index is 13.1. The minimum absolute atomic E-state index is 0.0101. The van der Waals surface area contributed by atoms with Gasteiger partial charge in [0, 0.05) is 24.1 Å². The van der Waals surface area contributed by atoms with Crippen LogP contribution in [0.4, 0.5) is 5.13 Å². The molecule has 1 atom stereocenters. The Bertz CT molecular complexity index is 1210. The van der Waals surface area contributed by atoms with E-state index in [4.69, 9.17) is 23.3 Å². The summed E-state index contributed by atoms with van der Waals surface area (Å²) in [6, 6.07) is 4.84. The molecule has 202 valence electrons. The fourth-order valence-electron chi connectivity index (χ4n) is 3.21. The van der Waals surface area contributed by atoms with Crippen LogP contribution in [0.1, 0.15) is 42.6 Å². The lowest BCUT2D eigenvalue weighted by Crippen LogP contribution is -2.18. The van der Waals surface area contributed by atoms with Crippen LogP contribution in [0.25, 0.3) is 0 Å². The number of carbonyl (C=O) groups excluding carboxylic acids is 1. The lowest BCUT2D eigenvalue weighted by molar-refractivity contribution is 0.0914. The fourth-order valence-corrected chi connectivity index (χ4v) is 5.64. The van der Waals surface area contributed by atoms with Gasteiger partial charge in [-0.3, -0.25) is 14.7 Å². The van der Waals surface area contributed by atoms with Crippen LogP contribution < -0.4 is 14.8 Å². The normalized spacial score (nSPS) is 12.4. The number of benzene rings is 1. The summed E-state index contributed by atoms with van der Waals surface area (Å²) in [7, 11) is -0.0792. The number of anilines is 1. The number of nitrogens with one attached hydrogen (secondary N) is 1. The molecule has 13 nitrogen and oxygen atoms in total. The SMILES string of the molecule is CCOP(=O)(Cc1csc(NC(=O)c2cc(OCc3nnn(C)n3)cc(O[C@@H](C)COC)c2)n1)OCC. The molecule has 1 N–H and O–H groups in total. The molecule has 0 aliphatic carbocycles. The monoisotopic (exact) mass is 554 g/mol. The average Bonchev–Trinajstić information content (AvgIpc) is 3.46. The van der Waals surface area contributed by atoms with Crippen LogP contribution in [-0.4, -0.2) is 64.1 Å². The minimum atomic E-state index is -3.31. The standard InChI is InChI=1S/C22H31N6O7PS/c1-6-33-36(30,34-7-2)13-17-14-37-22(23-17)24-21(29)16-8-18(32-12-20-25-27-28(4)26-20)10-19(9-16)35-15(3)11-31-5/h8-10,14-15H,6-7,11-13H2,1-5H3,(H,23,24,29)/t15-/m0/s1. The molecule has 0 bridgehead atoms. The lowest BCUT2D eigenvalue weighted by atomic mass is 10.2. The molecule has 3 rings (SSSR count). The van der Waals surface area contributed by atoms with Crippen molar-refractivity contribution in [3.63, 3.8) is 0 Å². The molecule has 0 fully saturated rings. The molecular formula is C22H31N6O7PS. The van der Waals surface area contributed by atoms with E-state index < -0.39 is 13.5 Å². The number of ether oxygens (including phenoxy) is 3. The number of amides is 1. The van der Waals surface area contributed by atoms with Gasteiger partial charge in [0.2, 0.25) is 5.82 Å². The second-order valence-electron chi connectivity index (χ2n) is 7.76. The quantitative estimate of drug-likeness (QED) is 0.274. The molecule has 37 heavy (non-hydrogen) atoms. The van der Waals surface area contributed by atoms with Crippen LogP contribution in [0.2, 0.25) is 0 Å². The molecule has 0 aliphatic heterocycles. The van der Waals surface area contributed by atoms with Gasteiger partial charge < -0.3 is 23.3 Å². The summed E-state index contributed by atoms with van der Waals surface area (Å²) in [6.07, 6.45) is -0.249. The number of thiazole rings is 1. The van der Waals surface area contributed by atoms with E-state index in [9.17, 15) is 9.36 Å². The summed E-state index contributed by atoms with van der Waals surface area (Å²) in [4.78, 5) is 18.8. The topological polar surface area (TPSA) is 149 Å². The second kappa shape index (κ2) is 13.6. The number of rotatable bonds is 15. The lowest BCUT2D eigenvalue weighted by Gasteiger charge is -2.16. The molecule has 1 aromatic carbocycles. The Balaban J connectivity index is 1.75. The van der Waals surface area contributed by atoms with E-state index in [0.717, 1.165) is 0 Å². The molecule has 1 amide bonds. The first-order valence-corrected chi connectivity index (χ1v) is 14.1. The molecule has 2 heterocycles. The van der Waals surface area contributed by atoms with Crippen molar-refractivity contribution in [3.05, 3.63) is 40.7 Å². The third-order valence-corrected chi connectivity index (χ3v) is 7.40. The summed E-state index contributed by atoms with van der Waals surface area (Å²) < 4.78 is 40.3.